The van der Waals surface area contributed by atoms with Crippen molar-refractivity contribution in [2.24, 2.45) is 7.05 Å². The summed E-state index contributed by atoms with van der Waals surface area (Å²) < 4.78 is 7.05. The van der Waals surface area contributed by atoms with Crippen LogP contribution in [0.5, 0.6) is 5.75 Å². The van der Waals surface area contributed by atoms with Crippen molar-refractivity contribution in [3.8, 4) is 5.75 Å². The number of rotatable bonds is 3. The third-order valence-corrected chi connectivity index (χ3v) is 4.53. The smallest absolute Gasteiger partial charge is 0.163 e. The lowest BCUT2D eigenvalue weighted by Crippen LogP contribution is -2.23. The summed E-state index contributed by atoms with van der Waals surface area (Å²) >= 11 is 0. The molecule has 1 unspecified atom stereocenters. The molecule has 0 bridgehead atoms. The summed E-state index contributed by atoms with van der Waals surface area (Å²) in [5.41, 5.74) is 2.16. The maximum Gasteiger partial charge on any atom is 0.163 e. The monoisotopic (exact) mass is 309 g/mol. The van der Waals surface area contributed by atoms with Crippen LogP contribution in [0.3, 0.4) is 0 Å². The molecule has 1 saturated heterocycles. The number of hydrogen-bond donors (Lipinski definition) is 0. The van der Waals surface area contributed by atoms with Crippen LogP contribution in [0.1, 0.15) is 24.4 Å². The maximum atomic E-state index is 5.26. The fourth-order valence-electron chi connectivity index (χ4n) is 3.37. The van der Waals surface area contributed by atoms with Gasteiger partial charge in [-0.2, -0.15) is 5.10 Å². The maximum absolute atomic E-state index is 5.26. The molecule has 3 heterocycles. The summed E-state index contributed by atoms with van der Waals surface area (Å²) in [5.74, 6) is 1.86. The van der Waals surface area contributed by atoms with Gasteiger partial charge in [-0.1, -0.05) is 12.1 Å². The summed E-state index contributed by atoms with van der Waals surface area (Å²) in [6.07, 6.45) is 5.76. The minimum atomic E-state index is 0.333. The highest BCUT2D eigenvalue weighted by molar-refractivity contribution is 5.87. The lowest BCUT2D eigenvalue weighted by Gasteiger charge is -2.26. The Morgan fingerprint density at radius 1 is 1.17 bits per heavy atom. The van der Waals surface area contributed by atoms with Crippen molar-refractivity contribution in [2.75, 3.05) is 18.6 Å². The first-order chi connectivity index (χ1) is 11.3. The lowest BCUT2D eigenvalue weighted by atomic mass is 10.0. The van der Waals surface area contributed by atoms with E-state index in [1.807, 2.05) is 25.4 Å². The van der Waals surface area contributed by atoms with Crippen molar-refractivity contribution in [1.29, 1.82) is 0 Å². The minimum Gasteiger partial charge on any atom is -0.497 e. The Kier molecular flexibility index (Phi) is 3.37. The molecule has 1 atom stereocenters. The molecule has 0 radical (unpaired) electrons. The number of ether oxygens (including phenoxy) is 1. The fraction of sp³-hybridized carbons (Fsp3) is 0.353. The summed E-state index contributed by atoms with van der Waals surface area (Å²) in [5, 5.41) is 5.33. The van der Waals surface area contributed by atoms with Crippen molar-refractivity contribution in [3.05, 3.63) is 42.4 Å². The zero-order valence-corrected chi connectivity index (χ0v) is 13.3. The molecule has 1 fully saturated rings. The highest BCUT2D eigenvalue weighted by atomic mass is 16.5. The molecule has 0 N–H and O–H groups in total. The van der Waals surface area contributed by atoms with Crippen molar-refractivity contribution < 1.29 is 4.74 Å². The predicted molar refractivity (Wildman–Crippen MR) is 88.6 cm³/mol. The van der Waals surface area contributed by atoms with E-state index < -0.39 is 0 Å². The minimum absolute atomic E-state index is 0.333. The summed E-state index contributed by atoms with van der Waals surface area (Å²) in [6.45, 7) is 0.998. The zero-order valence-electron chi connectivity index (χ0n) is 13.3. The SMILES string of the molecule is COc1ccc(C2CCCN2c2ncnc3c2cnn3C)cc1. The molecule has 0 aliphatic carbocycles. The molecule has 3 aromatic rings. The number of methoxy groups -OCH3 is 1. The second-order valence-electron chi connectivity index (χ2n) is 5.83. The van der Waals surface area contributed by atoms with Gasteiger partial charge in [0.05, 0.1) is 24.7 Å². The molecule has 0 spiro atoms. The topological polar surface area (TPSA) is 56.1 Å². The predicted octanol–water partition coefficient (Wildman–Crippen LogP) is 2.71. The van der Waals surface area contributed by atoms with Crippen LogP contribution in [0, 0.1) is 0 Å². The van der Waals surface area contributed by atoms with Gasteiger partial charge in [0.2, 0.25) is 0 Å². The van der Waals surface area contributed by atoms with E-state index in [1.54, 1.807) is 18.1 Å². The van der Waals surface area contributed by atoms with Gasteiger partial charge in [-0.15, -0.1) is 0 Å². The van der Waals surface area contributed by atoms with E-state index in [9.17, 15) is 0 Å². The van der Waals surface area contributed by atoms with Gasteiger partial charge in [-0.3, -0.25) is 4.68 Å². The van der Waals surface area contributed by atoms with Crippen LogP contribution in [0.25, 0.3) is 11.0 Å². The van der Waals surface area contributed by atoms with Crippen LogP contribution >= 0.6 is 0 Å². The van der Waals surface area contributed by atoms with Crippen molar-refractivity contribution in [1.82, 2.24) is 19.7 Å². The van der Waals surface area contributed by atoms with Crippen molar-refractivity contribution in [2.45, 2.75) is 18.9 Å². The van der Waals surface area contributed by atoms with Crippen LogP contribution in [0.2, 0.25) is 0 Å². The van der Waals surface area contributed by atoms with Crippen LogP contribution in [-0.2, 0) is 7.05 Å². The molecule has 6 nitrogen and oxygen atoms in total. The van der Waals surface area contributed by atoms with E-state index in [0.29, 0.717) is 6.04 Å². The van der Waals surface area contributed by atoms with Gasteiger partial charge >= 0.3 is 0 Å². The number of fused-ring (bicyclic) bond motifs is 1. The summed E-state index contributed by atoms with van der Waals surface area (Å²) in [7, 11) is 3.60. The Bertz CT molecular complexity index is 827. The van der Waals surface area contributed by atoms with Crippen molar-refractivity contribution in [3.63, 3.8) is 0 Å². The molecule has 0 amide bonds. The molecule has 6 heteroatoms. The average Bonchev–Trinajstić information content (AvgIpc) is 3.22. The van der Waals surface area contributed by atoms with Gasteiger partial charge in [0.15, 0.2) is 5.65 Å². The molecule has 118 valence electrons. The van der Waals surface area contributed by atoms with Gasteiger partial charge in [-0.05, 0) is 30.5 Å². The van der Waals surface area contributed by atoms with E-state index in [2.05, 4.69) is 32.1 Å². The molecule has 1 aliphatic rings. The summed E-state index contributed by atoms with van der Waals surface area (Å²) in [6, 6.07) is 8.66. The Hall–Kier alpha value is -2.63. The standard InChI is InChI=1S/C17H19N5O/c1-21-16-14(10-20-21)17(19-11-18-16)22-9-3-4-15(22)12-5-7-13(23-2)8-6-12/h5-8,10-11,15H,3-4,9H2,1-2H3. The second kappa shape index (κ2) is 5.53. The highest BCUT2D eigenvalue weighted by Gasteiger charge is 2.29. The zero-order chi connectivity index (χ0) is 15.8. The largest absolute Gasteiger partial charge is 0.497 e. The van der Waals surface area contributed by atoms with E-state index in [4.69, 9.17) is 4.74 Å². The number of benzene rings is 1. The van der Waals surface area contributed by atoms with Gasteiger partial charge in [-0.25, -0.2) is 9.97 Å². The van der Waals surface area contributed by atoms with Gasteiger partial charge < -0.3 is 9.64 Å². The van der Waals surface area contributed by atoms with Crippen LogP contribution in [0.4, 0.5) is 5.82 Å². The second-order valence-corrected chi connectivity index (χ2v) is 5.83. The van der Waals surface area contributed by atoms with E-state index >= 15 is 0 Å². The Morgan fingerprint density at radius 3 is 2.78 bits per heavy atom. The van der Waals surface area contributed by atoms with Gasteiger partial charge in [0.1, 0.15) is 17.9 Å². The molecule has 23 heavy (non-hydrogen) atoms. The van der Waals surface area contributed by atoms with Gasteiger partial charge in [0.25, 0.3) is 0 Å². The Balaban J connectivity index is 1.74. The Morgan fingerprint density at radius 2 is 2.00 bits per heavy atom. The average molecular weight is 309 g/mol. The number of aryl methyl sites for hydroxylation is 1. The molecular formula is C17H19N5O. The third kappa shape index (κ3) is 2.30. The fourth-order valence-corrected chi connectivity index (χ4v) is 3.37. The van der Waals surface area contributed by atoms with E-state index in [0.717, 1.165) is 42.0 Å². The summed E-state index contributed by atoms with van der Waals surface area (Å²) in [4.78, 5) is 11.3. The van der Waals surface area contributed by atoms with Gasteiger partial charge in [0, 0.05) is 13.6 Å². The molecule has 0 saturated carbocycles. The number of aromatic nitrogens is 4. The Labute approximate surface area is 134 Å². The molecule has 2 aromatic heterocycles. The normalized spacial score (nSPS) is 17.8. The molecule has 1 aromatic carbocycles. The van der Waals surface area contributed by atoms with Crippen molar-refractivity contribution >= 4 is 16.9 Å². The molecule has 1 aliphatic heterocycles. The van der Waals surface area contributed by atoms with Crippen LogP contribution in [-0.4, -0.2) is 33.4 Å². The first-order valence-electron chi connectivity index (χ1n) is 7.81. The van der Waals surface area contributed by atoms with E-state index in [1.165, 1.54) is 5.56 Å². The van der Waals surface area contributed by atoms with Crippen LogP contribution < -0.4 is 9.64 Å². The number of anilines is 1. The van der Waals surface area contributed by atoms with E-state index in [-0.39, 0.29) is 0 Å². The third-order valence-electron chi connectivity index (χ3n) is 4.53. The lowest BCUT2D eigenvalue weighted by molar-refractivity contribution is 0.414. The van der Waals surface area contributed by atoms with Crippen LogP contribution in [0.15, 0.2) is 36.8 Å². The molecular weight excluding hydrogens is 290 g/mol. The molecule has 4 rings (SSSR count). The number of nitrogens with zero attached hydrogens (tertiary/aromatic N) is 5. The highest BCUT2D eigenvalue weighted by Crippen LogP contribution is 2.37. The first-order valence-corrected chi connectivity index (χ1v) is 7.81. The number of hydrogen-bond acceptors (Lipinski definition) is 5. The quantitative estimate of drug-likeness (QED) is 0.744. The first kappa shape index (κ1) is 14.0.